The predicted molar refractivity (Wildman–Crippen MR) is 185 cm³/mol. The fourth-order valence-corrected chi connectivity index (χ4v) is 5.29. The molecule has 240 valence electrons. The maximum absolute atomic E-state index is 12.3. The lowest BCUT2D eigenvalue weighted by atomic mass is 10.1. The van der Waals surface area contributed by atoms with E-state index in [1.54, 1.807) is 23.5 Å². The molecule has 0 spiro atoms. The summed E-state index contributed by atoms with van der Waals surface area (Å²) < 4.78 is 40.7. The van der Waals surface area contributed by atoms with E-state index in [-0.39, 0.29) is 5.13 Å². The normalized spacial score (nSPS) is 12.2. The SMILES string of the molecule is Cc1cc(N)ccc1N.Cc1cc(N)ccc1N.Nc1ccc(N2CCCC2)s1.Nc1nc(-c2ccc(C(F)(F)F)cc2)ns1. The van der Waals surface area contributed by atoms with Gasteiger partial charge < -0.3 is 39.3 Å². The molecule has 0 aliphatic carbocycles. The Morgan fingerprint density at radius 1 is 0.711 bits per heavy atom. The predicted octanol–water partition coefficient (Wildman–Crippen LogP) is 7.06. The van der Waals surface area contributed by atoms with Gasteiger partial charge in [0.2, 0.25) is 0 Å². The molecule has 0 atom stereocenters. The largest absolute Gasteiger partial charge is 0.416 e. The minimum Gasteiger partial charge on any atom is -0.399 e. The van der Waals surface area contributed by atoms with Gasteiger partial charge in [-0.25, -0.2) is 0 Å². The second-order valence-electron chi connectivity index (χ2n) is 10.1. The van der Waals surface area contributed by atoms with Crippen molar-refractivity contribution in [1.29, 1.82) is 0 Å². The van der Waals surface area contributed by atoms with Gasteiger partial charge in [-0.15, -0.1) is 11.3 Å². The second kappa shape index (κ2) is 15.9. The van der Waals surface area contributed by atoms with E-state index in [0.29, 0.717) is 11.4 Å². The fraction of sp³-hybridized carbons (Fsp3) is 0.226. The molecular weight excluding hydrogens is 620 g/mol. The highest BCUT2D eigenvalue weighted by Gasteiger charge is 2.30. The van der Waals surface area contributed by atoms with Gasteiger partial charge in [0, 0.05) is 52.9 Å². The van der Waals surface area contributed by atoms with Gasteiger partial charge in [-0.05, 0) is 98.5 Å². The number of hydrogen-bond donors (Lipinski definition) is 6. The molecule has 12 N–H and O–H groups in total. The highest BCUT2D eigenvalue weighted by molar-refractivity contribution is 7.19. The molecular formula is C31H38F3N9S2. The number of alkyl halides is 3. The van der Waals surface area contributed by atoms with Crippen molar-refractivity contribution >= 4 is 60.8 Å². The van der Waals surface area contributed by atoms with Crippen LogP contribution in [0.3, 0.4) is 0 Å². The van der Waals surface area contributed by atoms with Crippen molar-refractivity contribution in [2.75, 3.05) is 52.4 Å². The van der Waals surface area contributed by atoms with Gasteiger partial charge in [0.15, 0.2) is 11.0 Å². The van der Waals surface area contributed by atoms with Crippen molar-refractivity contribution in [1.82, 2.24) is 9.36 Å². The topological polar surface area (TPSA) is 185 Å². The lowest BCUT2D eigenvalue weighted by Crippen LogP contribution is -2.15. The second-order valence-corrected chi connectivity index (χ2v) is 12.0. The summed E-state index contributed by atoms with van der Waals surface area (Å²) in [7, 11) is 0. The number of anilines is 7. The number of halogens is 3. The highest BCUT2D eigenvalue weighted by Crippen LogP contribution is 2.31. The zero-order valence-electron chi connectivity index (χ0n) is 25.0. The summed E-state index contributed by atoms with van der Waals surface area (Å²) in [5, 5.41) is 2.54. The molecule has 2 aromatic heterocycles. The van der Waals surface area contributed by atoms with Gasteiger partial charge in [-0.2, -0.15) is 22.5 Å². The van der Waals surface area contributed by atoms with Crippen molar-refractivity contribution in [2.45, 2.75) is 32.9 Å². The summed E-state index contributed by atoms with van der Waals surface area (Å²) in [5.41, 5.74) is 38.0. The molecule has 9 nitrogen and oxygen atoms in total. The number of aryl methyl sites for hydroxylation is 2. The molecule has 0 amide bonds. The van der Waals surface area contributed by atoms with Crippen LogP contribution in [0.15, 0.2) is 72.8 Å². The number of benzene rings is 3. The Morgan fingerprint density at radius 2 is 1.24 bits per heavy atom. The van der Waals surface area contributed by atoms with Crippen LogP contribution < -0.4 is 39.3 Å². The summed E-state index contributed by atoms with van der Waals surface area (Å²) in [6, 6.07) is 19.7. The van der Waals surface area contributed by atoms with Crippen LogP contribution in [0.4, 0.5) is 51.1 Å². The summed E-state index contributed by atoms with van der Waals surface area (Å²) in [5.74, 6) is 0.344. The minimum absolute atomic E-state index is 0.287. The fourth-order valence-electron chi connectivity index (χ4n) is 4.01. The van der Waals surface area contributed by atoms with Gasteiger partial charge in [-0.3, -0.25) is 0 Å². The summed E-state index contributed by atoms with van der Waals surface area (Å²) in [4.78, 5) is 6.28. The average molecular weight is 658 g/mol. The van der Waals surface area contributed by atoms with Gasteiger partial charge in [0.1, 0.15) is 0 Å². The third-order valence-corrected chi connectivity index (χ3v) is 8.05. The summed E-state index contributed by atoms with van der Waals surface area (Å²) >= 11 is 2.69. The molecule has 1 aliphatic heterocycles. The Kier molecular flexibility index (Phi) is 12.3. The standard InChI is InChI=1S/C9H6F3N3S.C8H12N2S.2C7H10N2/c10-9(11,12)6-3-1-5(2-4-6)7-14-8(13)16-15-7;9-7-3-4-8(11-7)10-5-1-2-6-10;2*1-5-4-6(8)2-3-7(5)9/h1-4H,(H2,13,14,15);3-4H,1-2,5-6,9H2;2*2-4H,8-9H2,1H3. The van der Waals surface area contributed by atoms with E-state index in [2.05, 4.69) is 20.3 Å². The number of thiophene rings is 1. The lowest BCUT2D eigenvalue weighted by Gasteiger charge is -2.13. The van der Waals surface area contributed by atoms with Crippen LogP contribution in [0.25, 0.3) is 11.4 Å². The Balaban J connectivity index is 0.000000169. The van der Waals surface area contributed by atoms with E-state index in [1.807, 2.05) is 44.2 Å². The number of nitrogens with zero attached hydrogens (tertiary/aromatic N) is 3. The zero-order valence-corrected chi connectivity index (χ0v) is 26.6. The number of hydrogen-bond acceptors (Lipinski definition) is 11. The third-order valence-electron chi connectivity index (χ3n) is 6.53. The molecule has 14 heteroatoms. The number of nitrogens with two attached hydrogens (primary N) is 6. The van der Waals surface area contributed by atoms with Crippen molar-refractivity contribution in [3.05, 3.63) is 89.5 Å². The molecule has 3 aromatic carbocycles. The molecule has 0 radical (unpaired) electrons. The molecule has 0 saturated carbocycles. The quantitative estimate of drug-likeness (QED) is 0.108. The number of aromatic nitrogens is 2. The van der Waals surface area contributed by atoms with Crippen LogP contribution in [-0.2, 0) is 6.18 Å². The molecule has 1 saturated heterocycles. The zero-order chi connectivity index (χ0) is 33.1. The highest BCUT2D eigenvalue weighted by atomic mass is 32.1. The van der Waals surface area contributed by atoms with Crippen molar-refractivity contribution in [2.24, 2.45) is 0 Å². The van der Waals surface area contributed by atoms with Crippen molar-refractivity contribution < 1.29 is 13.2 Å². The first-order valence-electron chi connectivity index (χ1n) is 13.8. The minimum atomic E-state index is -4.33. The molecule has 1 fully saturated rings. The first-order valence-corrected chi connectivity index (χ1v) is 15.4. The van der Waals surface area contributed by atoms with E-state index in [0.717, 1.165) is 62.5 Å². The first kappa shape index (κ1) is 34.8. The van der Waals surface area contributed by atoms with Crippen LogP contribution in [0.5, 0.6) is 0 Å². The van der Waals surface area contributed by atoms with E-state index >= 15 is 0 Å². The van der Waals surface area contributed by atoms with Gasteiger partial charge in [0.25, 0.3) is 0 Å². The number of nitrogen functional groups attached to an aromatic ring is 6. The van der Waals surface area contributed by atoms with E-state index in [1.165, 1.54) is 43.1 Å². The van der Waals surface area contributed by atoms with E-state index in [4.69, 9.17) is 34.4 Å². The molecule has 0 unspecified atom stereocenters. The molecule has 0 bridgehead atoms. The maximum atomic E-state index is 12.3. The summed E-state index contributed by atoms with van der Waals surface area (Å²) in [6.07, 6.45) is -1.66. The Hall–Kier alpha value is -4.69. The molecule has 5 aromatic rings. The van der Waals surface area contributed by atoms with Gasteiger partial charge in [-0.1, -0.05) is 12.1 Å². The first-order chi connectivity index (χ1) is 21.2. The van der Waals surface area contributed by atoms with E-state index < -0.39 is 11.7 Å². The smallest absolute Gasteiger partial charge is 0.399 e. The Bertz CT molecular complexity index is 1600. The average Bonchev–Trinajstić information content (AvgIpc) is 3.77. The van der Waals surface area contributed by atoms with Gasteiger partial charge in [0.05, 0.1) is 15.6 Å². The molecule has 6 rings (SSSR count). The van der Waals surface area contributed by atoms with Crippen LogP contribution in [-0.4, -0.2) is 22.4 Å². The Labute approximate surface area is 268 Å². The Morgan fingerprint density at radius 3 is 1.62 bits per heavy atom. The van der Waals surface area contributed by atoms with Crippen molar-refractivity contribution in [3.63, 3.8) is 0 Å². The van der Waals surface area contributed by atoms with Gasteiger partial charge >= 0.3 is 6.18 Å². The number of rotatable bonds is 2. The lowest BCUT2D eigenvalue weighted by molar-refractivity contribution is -0.137. The molecule has 1 aliphatic rings. The van der Waals surface area contributed by atoms with Crippen LogP contribution in [0.1, 0.15) is 29.5 Å². The van der Waals surface area contributed by atoms with Crippen LogP contribution >= 0.6 is 22.9 Å². The van der Waals surface area contributed by atoms with Crippen LogP contribution in [0.2, 0.25) is 0 Å². The third kappa shape index (κ3) is 11.1. The monoisotopic (exact) mass is 657 g/mol. The van der Waals surface area contributed by atoms with E-state index in [9.17, 15) is 13.2 Å². The van der Waals surface area contributed by atoms with Crippen LogP contribution in [0, 0.1) is 13.8 Å². The maximum Gasteiger partial charge on any atom is 0.416 e. The molecule has 45 heavy (non-hydrogen) atoms. The van der Waals surface area contributed by atoms with Crippen molar-refractivity contribution in [3.8, 4) is 11.4 Å². The summed E-state index contributed by atoms with van der Waals surface area (Å²) in [6.45, 7) is 6.29. The molecule has 3 heterocycles.